The van der Waals surface area contributed by atoms with Crippen molar-refractivity contribution in [3.63, 3.8) is 0 Å². The zero-order chi connectivity index (χ0) is 17.7. The zero-order valence-electron chi connectivity index (χ0n) is 13.0. The van der Waals surface area contributed by atoms with Crippen molar-refractivity contribution < 1.29 is 18.4 Å². The average molecular weight is 452 g/mol. The minimum absolute atomic E-state index is 0.210. The molecule has 0 radical (unpaired) electrons. The number of nitrogens with one attached hydrogen (secondary N) is 1. The van der Waals surface area contributed by atoms with Crippen LogP contribution < -0.4 is 5.48 Å². The van der Waals surface area contributed by atoms with E-state index in [1.54, 1.807) is 22.7 Å². The number of thiophene rings is 2. The number of carbonyl (C=O) groups is 1. The molecule has 1 amide bonds. The Morgan fingerprint density at radius 1 is 1.21 bits per heavy atom. The van der Waals surface area contributed by atoms with Crippen LogP contribution in [0.15, 0.2) is 28.1 Å². The number of hydrogen-bond donors (Lipinski definition) is 2. The van der Waals surface area contributed by atoms with Crippen LogP contribution in [0.3, 0.4) is 0 Å². The number of halogens is 1. The Labute approximate surface area is 157 Å². The molecule has 0 aliphatic rings. The Hall–Kier alpha value is -0.740. The SMILES string of the molecule is CS(=O)(=O)C(CCCCc1ccc(-c2ccc(Br)s2)s1)C(=O)NO. The van der Waals surface area contributed by atoms with Gasteiger partial charge in [0.15, 0.2) is 9.84 Å². The maximum atomic E-state index is 11.6. The van der Waals surface area contributed by atoms with Crippen LogP contribution in [0.1, 0.15) is 24.1 Å². The van der Waals surface area contributed by atoms with E-state index in [1.807, 2.05) is 6.07 Å². The highest BCUT2D eigenvalue weighted by Gasteiger charge is 2.27. The molecule has 9 heteroatoms. The van der Waals surface area contributed by atoms with Crippen LogP contribution in [-0.2, 0) is 21.1 Å². The molecule has 2 rings (SSSR count). The van der Waals surface area contributed by atoms with Gasteiger partial charge < -0.3 is 0 Å². The van der Waals surface area contributed by atoms with E-state index in [0.717, 1.165) is 22.9 Å². The number of unbranched alkanes of at least 4 members (excludes halogenated alkanes) is 1. The molecule has 0 saturated carbocycles. The summed E-state index contributed by atoms with van der Waals surface area (Å²) in [6.07, 6.45) is 3.45. The van der Waals surface area contributed by atoms with Crippen LogP contribution >= 0.6 is 38.6 Å². The van der Waals surface area contributed by atoms with Crippen LogP contribution in [0.5, 0.6) is 0 Å². The molecule has 2 N–H and O–H groups in total. The van der Waals surface area contributed by atoms with E-state index in [1.165, 1.54) is 20.1 Å². The number of sulfone groups is 1. The molecule has 132 valence electrons. The molecule has 0 fully saturated rings. The van der Waals surface area contributed by atoms with Crippen LogP contribution in [0.25, 0.3) is 9.75 Å². The summed E-state index contributed by atoms with van der Waals surface area (Å²) in [6.45, 7) is 0. The van der Waals surface area contributed by atoms with Crippen molar-refractivity contribution in [1.82, 2.24) is 5.48 Å². The van der Waals surface area contributed by atoms with E-state index in [2.05, 4.69) is 34.1 Å². The molecule has 2 heterocycles. The minimum Gasteiger partial charge on any atom is -0.289 e. The van der Waals surface area contributed by atoms with Crippen molar-refractivity contribution >= 4 is 54.3 Å². The Morgan fingerprint density at radius 2 is 1.88 bits per heavy atom. The third-order valence-corrected chi connectivity index (χ3v) is 7.98. The average Bonchev–Trinajstić information content (AvgIpc) is 3.14. The highest BCUT2D eigenvalue weighted by Crippen LogP contribution is 2.36. The normalized spacial score (nSPS) is 13.0. The van der Waals surface area contributed by atoms with Gasteiger partial charge in [0, 0.05) is 20.9 Å². The molecule has 0 spiro atoms. The Morgan fingerprint density at radius 3 is 2.46 bits per heavy atom. The molecule has 1 unspecified atom stereocenters. The number of amides is 1. The molecule has 0 saturated heterocycles. The molecule has 2 aromatic rings. The predicted octanol–water partition coefficient (Wildman–Crippen LogP) is 3.87. The Balaban J connectivity index is 1.86. The fraction of sp³-hybridized carbons (Fsp3) is 0.400. The molecule has 5 nitrogen and oxygen atoms in total. The van der Waals surface area contributed by atoms with Crippen LogP contribution in [0.4, 0.5) is 0 Å². The van der Waals surface area contributed by atoms with Gasteiger partial charge in [0.2, 0.25) is 0 Å². The molecule has 24 heavy (non-hydrogen) atoms. The molecular formula is C15H18BrNO4S3. The van der Waals surface area contributed by atoms with E-state index in [9.17, 15) is 13.2 Å². The fourth-order valence-electron chi connectivity index (χ4n) is 2.33. The van der Waals surface area contributed by atoms with E-state index in [-0.39, 0.29) is 6.42 Å². The summed E-state index contributed by atoms with van der Waals surface area (Å²) in [4.78, 5) is 15.1. The van der Waals surface area contributed by atoms with Gasteiger partial charge in [-0.3, -0.25) is 10.0 Å². The lowest BCUT2D eigenvalue weighted by Crippen LogP contribution is -2.37. The second-order valence-electron chi connectivity index (χ2n) is 5.41. The van der Waals surface area contributed by atoms with Gasteiger partial charge in [0.1, 0.15) is 5.25 Å². The minimum atomic E-state index is -3.52. The molecule has 0 aliphatic heterocycles. The van der Waals surface area contributed by atoms with E-state index < -0.39 is 21.0 Å². The summed E-state index contributed by atoms with van der Waals surface area (Å²) in [6, 6.07) is 8.28. The van der Waals surface area contributed by atoms with Gasteiger partial charge in [0.05, 0.1) is 3.79 Å². The van der Waals surface area contributed by atoms with Gasteiger partial charge in [-0.25, -0.2) is 13.9 Å². The smallest absolute Gasteiger partial charge is 0.261 e. The first-order valence-electron chi connectivity index (χ1n) is 7.28. The summed E-state index contributed by atoms with van der Waals surface area (Å²) in [5, 5.41) is 7.46. The molecular weight excluding hydrogens is 434 g/mol. The third kappa shape index (κ3) is 5.38. The quantitative estimate of drug-likeness (QED) is 0.362. The predicted molar refractivity (Wildman–Crippen MR) is 101 cm³/mol. The summed E-state index contributed by atoms with van der Waals surface area (Å²) >= 11 is 6.87. The summed E-state index contributed by atoms with van der Waals surface area (Å²) in [5.41, 5.74) is 1.43. The van der Waals surface area contributed by atoms with Gasteiger partial charge in [-0.05, 0) is 59.5 Å². The molecule has 0 bridgehead atoms. The van der Waals surface area contributed by atoms with Crippen molar-refractivity contribution in [3.8, 4) is 9.75 Å². The zero-order valence-corrected chi connectivity index (χ0v) is 17.0. The lowest BCUT2D eigenvalue weighted by molar-refractivity contribution is -0.128. The number of aryl methyl sites for hydroxylation is 1. The van der Waals surface area contributed by atoms with E-state index >= 15 is 0 Å². The lowest BCUT2D eigenvalue weighted by Gasteiger charge is -2.12. The summed E-state index contributed by atoms with van der Waals surface area (Å²) in [7, 11) is -3.52. The standard InChI is InChI=1S/C15H18BrNO4S3/c1-24(20,21)13(15(18)17-19)5-3-2-4-10-6-7-11(22-10)12-8-9-14(16)23-12/h6-9,13,19H,2-5H2,1H3,(H,17,18). The fourth-order valence-corrected chi connectivity index (χ4v) is 5.89. The Bertz CT molecular complexity index is 797. The van der Waals surface area contributed by atoms with Crippen molar-refractivity contribution in [2.45, 2.75) is 30.9 Å². The second kappa shape index (κ2) is 8.57. The van der Waals surface area contributed by atoms with E-state index in [0.29, 0.717) is 6.42 Å². The number of hydrogen-bond acceptors (Lipinski definition) is 6. The number of carbonyl (C=O) groups excluding carboxylic acids is 1. The first-order chi connectivity index (χ1) is 11.3. The summed E-state index contributed by atoms with van der Waals surface area (Å²) < 4.78 is 24.3. The summed E-state index contributed by atoms with van der Waals surface area (Å²) in [5.74, 6) is -0.862. The van der Waals surface area contributed by atoms with Crippen molar-refractivity contribution in [2.24, 2.45) is 0 Å². The van der Waals surface area contributed by atoms with Gasteiger partial charge in [0.25, 0.3) is 5.91 Å². The van der Waals surface area contributed by atoms with Gasteiger partial charge in [-0.2, -0.15) is 0 Å². The maximum Gasteiger partial charge on any atom is 0.261 e. The monoisotopic (exact) mass is 451 g/mol. The number of hydroxylamine groups is 1. The first kappa shape index (κ1) is 19.6. The van der Waals surface area contributed by atoms with Crippen molar-refractivity contribution in [2.75, 3.05) is 6.26 Å². The molecule has 0 aliphatic carbocycles. The molecule has 1 atom stereocenters. The van der Waals surface area contributed by atoms with Crippen LogP contribution in [0, 0.1) is 0 Å². The van der Waals surface area contributed by atoms with E-state index in [4.69, 9.17) is 5.21 Å². The Kier molecular flexibility index (Phi) is 6.99. The van der Waals surface area contributed by atoms with Gasteiger partial charge in [-0.15, -0.1) is 22.7 Å². The molecule has 2 aromatic heterocycles. The highest BCUT2D eigenvalue weighted by atomic mass is 79.9. The second-order valence-corrected chi connectivity index (χ2v) is 11.3. The molecule has 0 aromatic carbocycles. The van der Waals surface area contributed by atoms with Crippen molar-refractivity contribution in [1.29, 1.82) is 0 Å². The van der Waals surface area contributed by atoms with Gasteiger partial charge >= 0.3 is 0 Å². The lowest BCUT2D eigenvalue weighted by atomic mass is 10.1. The van der Waals surface area contributed by atoms with Gasteiger partial charge in [-0.1, -0.05) is 6.42 Å². The maximum absolute atomic E-state index is 11.6. The van der Waals surface area contributed by atoms with Crippen LogP contribution in [0.2, 0.25) is 0 Å². The topological polar surface area (TPSA) is 83.5 Å². The largest absolute Gasteiger partial charge is 0.289 e. The highest BCUT2D eigenvalue weighted by molar-refractivity contribution is 9.11. The number of rotatable bonds is 8. The van der Waals surface area contributed by atoms with Crippen molar-refractivity contribution in [3.05, 3.63) is 32.9 Å². The van der Waals surface area contributed by atoms with Crippen LogP contribution in [-0.4, -0.2) is 31.0 Å². The first-order valence-corrected chi connectivity index (χ1v) is 11.7. The third-order valence-electron chi connectivity index (χ3n) is 3.54.